The summed E-state index contributed by atoms with van der Waals surface area (Å²) in [5, 5.41) is 0. The lowest BCUT2D eigenvalue weighted by molar-refractivity contribution is 0.0682. The number of benzene rings is 1. The van der Waals surface area contributed by atoms with Gasteiger partial charge in [0.05, 0.1) is 18.8 Å². The number of nitrogens with two attached hydrogens (primary N) is 1. The van der Waals surface area contributed by atoms with Gasteiger partial charge in [-0.05, 0) is 38.0 Å². The molecule has 0 aliphatic carbocycles. The van der Waals surface area contributed by atoms with Crippen LogP contribution in [0.5, 0.6) is 0 Å². The van der Waals surface area contributed by atoms with Gasteiger partial charge in [0.2, 0.25) is 0 Å². The van der Waals surface area contributed by atoms with Crippen molar-refractivity contribution in [1.82, 2.24) is 0 Å². The SMILES string of the molecule is Cc1ccc(C(N)COC(C)C)cc1F. The van der Waals surface area contributed by atoms with Crippen LogP contribution in [0.1, 0.15) is 31.0 Å². The fourth-order valence-corrected chi connectivity index (χ4v) is 1.23. The maximum absolute atomic E-state index is 13.2. The molecule has 1 rings (SSSR count). The Labute approximate surface area is 90.2 Å². The van der Waals surface area contributed by atoms with E-state index in [9.17, 15) is 4.39 Å². The van der Waals surface area contributed by atoms with Gasteiger partial charge in [-0.1, -0.05) is 12.1 Å². The number of hydrogen-bond acceptors (Lipinski definition) is 2. The molecule has 1 atom stereocenters. The second-order valence-corrected chi connectivity index (χ2v) is 4.00. The highest BCUT2D eigenvalue weighted by Crippen LogP contribution is 2.15. The fraction of sp³-hybridized carbons (Fsp3) is 0.500. The second kappa shape index (κ2) is 5.24. The average molecular weight is 211 g/mol. The molecule has 84 valence electrons. The van der Waals surface area contributed by atoms with Crippen molar-refractivity contribution in [3.05, 3.63) is 35.1 Å². The van der Waals surface area contributed by atoms with Crippen molar-refractivity contribution in [2.45, 2.75) is 32.9 Å². The van der Waals surface area contributed by atoms with E-state index in [1.807, 2.05) is 19.9 Å². The largest absolute Gasteiger partial charge is 0.377 e. The van der Waals surface area contributed by atoms with Gasteiger partial charge in [0.1, 0.15) is 5.82 Å². The molecule has 1 aromatic rings. The number of hydrogen-bond donors (Lipinski definition) is 1. The summed E-state index contributed by atoms with van der Waals surface area (Å²) in [7, 11) is 0. The molecule has 15 heavy (non-hydrogen) atoms. The summed E-state index contributed by atoms with van der Waals surface area (Å²) < 4.78 is 18.6. The van der Waals surface area contributed by atoms with Crippen LogP contribution in [0.2, 0.25) is 0 Å². The maximum Gasteiger partial charge on any atom is 0.126 e. The quantitative estimate of drug-likeness (QED) is 0.830. The highest BCUT2D eigenvalue weighted by molar-refractivity contribution is 5.25. The lowest BCUT2D eigenvalue weighted by atomic mass is 10.1. The van der Waals surface area contributed by atoms with Crippen LogP contribution in [0.3, 0.4) is 0 Å². The van der Waals surface area contributed by atoms with E-state index >= 15 is 0 Å². The van der Waals surface area contributed by atoms with Crippen molar-refractivity contribution in [2.75, 3.05) is 6.61 Å². The molecule has 0 spiro atoms. The van der Waals surface area contributed by atoms with Crippen molar-refractivity contribution < 1.29 is 9.13 Å². The van der Waals surface area contributed by atoms with Crippen molar-refractivity contribution in [2.24, 2.45) is 5.73 Å². The molecule has 0 heterocycles. The molecule has 0 aliphatic heterocycles. The maximum atomic E-state index is 13.2. The first kappa shape index (κ1) is 12.1. The van der Waals surface area contributed by atoms with Crippen LogP contribution in [-0.4, -0.2) is 12.7 Å². The van der Waals surface area contributed by atoms with Gasteiger partial charge in [0, 0.05) is 0 Å². The van der Waals surface area contributed by atoms with E-state index in [2.05, 4.69) is 0 Å². The summed E-state index contributed by atoms with van der Waals surface area (Å²) in [6.07, 6.45) is 0.145. The van der Waals surface area contributed by atoms with Gasteiger partial charge in [-0.25, -0.2) is 4.39 Å². The number of halogens is 1. The van der Waals surface area contributed by atoms with E-state index in [4.69, 9.17) is 10.5 Å². The van der Waals surface area contributed by atoms with Crippen LogP contribution in [0.15, 0.2) is 18.2 Å². The van der Waals surface area contributed by atoms with Crippen LogP contribution < -0.4 is 5.73 Å². The van der Waals surface area contributed by atoms with Gasteiger partial charge in [-0.2, -0.15) is 0 Å². The number of rotatable bonds is 4. The summed E-state index contributed by atoms with van der Waals surface area (Å²) in [5.41, 5.74) is 7.28. The second-order valence-electron chi connectivity index (χ2n) is 4.00. The third-order valence-electron chi connectivity index (χ3n) is 2.23. The van der Waals surface area contributed by atoms with Crippen LogP contribution in [0.25, 0.3) is 0 Å². The van der Waals surface area contributed by atoms with Crippen LogP contribution in [0.4, 0.5) is 4.39 Å². The Hall–Kier alpha value is -0.930. The minimum atomic E-state index is -0.262. The molecule has 0 bridgehead atoms. The van der Waals surface area contributed by atoms with Crippen molar-refractivity contribution in [3.8, 4) is 0 Å². The molecule has 0 aromatic heterocycles. The van der Waals surface area contributed by atoms with Crippen molar-refractivity contribution in [1.29, 1.82) is 0 Å². The Balaban J connectivity index is 2.65. The molecule has 2 N–H and O–H groups in total. The summed E-state index contributed by atoms with van der Waals surface area (Å²) in [6.45, 7) is 6.04. The molecule has 0 amide bonds. The zero-order valence-corrected chi connectivity index (χ0v) is 9.46. The predicted octanol–water partition coefficient (Wildman–Crippen LogP) is 2.56. The third-order valence-corrected chi connectivity index (χ3v) is 2.23. The normalized spacial score (nSPS) is 13.2. The highest BCUT2D eigenvalue weighted by Gasteiger charge is 2.09. The zero-order chi connectivity index (χ0) is 11.4. The highest BCUT2D eigenvalue weighted by atomic mass is 19.1. The molecule has 1 unspecified atom stereocenters. The minimum absolute atomic E-state index is 0.145. The Bertz CT molecular complexity index is 325. The molecule has 3 heteroatoms. The summed E-state index contributed by atoms with van der Waals surface area (Å²) in [5.74, 6) is -0.215. The van der Waals surface area contributed by atoms with E-state index in [-0.39, 0.29) is 18.0 Å². The summed E-state index contributed by atoms with van der Waals surface area (Å²) in [4.78, 5) is 0. The first-order chi connectivity index (χ1) is 7.00. The Morgan fingerprint density at radius 1 is 1.40 bits per heavy atom. The van der Waals surface area contributed by atoms with Crippen LogP contribution in [0, 0.1) is 12.7 Å². The minimum Gasteiger partial charge on any atom is -0.377 e. The van der Waals surface area contributed by atoms with Gasteiger partial charge >= 0.3 is 0 Å². The number of aryl methyl sites for hydroxylation is 1. The average Bonchev–Trinajstić information content (AvgIpc) is 2.18. The summed E-state index contributed by atoms with van der Waals surface area (Å²) in [6, 6.07) is 4.79. The molecule has 2 nitrogen and oxygen atoms in total. The fourth-order valence-electron chi connectivity index (χ4n) is 1.23. The molecule has 0 radical (unpaired) electrons. The monoisotopic (exact) mass is 211 g/mol. The molecule has 0 aliphatic rings. The molecule has 0 saturated carbocycles. The van der Waals surface area contributed by atoms with E-state index in [0.717, 1.165) is 5.56 Å². The molecule has 1 aromatic carbocycles. The molecule has 0 saturated heterocycles. The van der Waals surface area contributed by atoms with E-state index in [1.165, 1.54) is 6.07 Å². The predicted molar refractivity (Wildman–Crippen MR) is 59.2 cm³/mol. The zero-order valence-electron chi connectivity index (χ0n) is 9.46. The lowest BCUT2D eigenvalue weighted by Crippen LogP contribution is -2.19. The van der Waals surface area contributed by atoms with Crippen LogP contribution in [-0.2, 0) is 4.74 Å². The molecular formula is C12H18FNO. The summed E-state index contributed by atoms with van der Waals surface area (Å²) >= 11 is 0. The molecular weight excluding hydrogens is 193 g/mol. The van der Waals surface area contributed by atoms with E-state index in [1.54, 1.807) is 13.0 Å². The van der Waals surface area contributed by atoms with Gasteiger partial charge < -0.3 is 10.5 Å². The Kier molecular flexibility index (Phi) is 4.24. The van der Waals surface area contributed by atoms with Gasteiger partial charge in [0.15, 0.2) is 0 Å². The Morgan fingerprint density at radius 3 is 2.60 bits per heavy atom. The van der Waals surface area contributed by atoms with Gasteiger partial charge in [0.25, 0.3) is 0 Å². The first-order valence-corrected chi connectivity index (χ1v) is 5.14. The molecule has 0 fully saturated rings. The van der Waals surface area contributed by atoms with Crippen molar-refractivity contribution >= 4 is 0 Å². The standard InChI is InChI=1S/C12H18FNO/c1-8(2)15-7-12(14)10-5-4-9(3)11(13)6-10/h4-6,8,12H,7,14H2,1-3H3. The van der Waals surface area contributed by atoms with Gasteiger partial charge in [-0.3, -0.25) is 0 Å². The first-order valence-electron chi connectivity index (χ1n) is 5.14. The smallest absolute Gasteiger partial charge is 0.126 e. The van der Waals surface area contributed by atoms with E-state index in [0.29, 0.717) is 12.2 Å². The topological polar surface area (TPSA) is 35.2 Å². The van der Waals surface area contributed by atoms with Gasteiger partial charge in [-0.15, -0.1) is 0 Å². The Morgan fingerprint density at radius 2 is 2.07 bits per heavy atom. The number of ether oxygens (including phenoxy) is 1. The van der Waals surface area contributed by atoms with Crippen molar-refractivity contribution in [3.63, 3.8) is 0 Å². The lowest BCUT2D eigenvalue weighted by Gasteiger charge is -2.15. The van der Waals surface area contributed by atoms with Crippen LogP contribution >= 0.6 is 0 Å². The van der Waals surface area contributed by atoms with E-state index < -0.39 is 0 Å². The third kappa shape index (κ3) is 3.61.